The number of alkyl halides is 3. The molecule has 0 N–H and O–H groups in total. The first-order chi connectivity index (χ1) is 16.3. The summed E-state index contributed by atoms with van der Waals surface area (Å²) in [6.45, 7) is 5.30. The van der Waals surface area contributed by atoms with Crippen LogP contribution < -0.4 is 4.74 Å². The average Bonchev–Trinajstić information content (AvgIpc) is 3.21. The van der Waals surface area contributed by atoms with Gasteiger partial charge in [-0.1, -0.05) is 6.92 Å². The summed E-state index contributed by atoms with van der Waals surface area (Å²) in [4.78, 5) is 10.7. The highest BCUT2D eigenvalue weighted by Crippen LogP contribution is 2.39. The number of benzene rings is 1. The van der Waals surface area contributed by atoms with E-state index in [1.165, 1.54) is 12.1 Å². The maximum absolute atomic E-state index is 13.9. The molecule has 0 amide bonds. The molecular formula is C24H26F3N5O2. The van der Waals surface area contributed by atoms with Gasteiger partial charge in [-0.05, 0) is 43.7 Å². The Morgan fingerprint density at radius 3 is 2.59 bits per heavy atom. The number of hydrogen-bond acceptors (Lipinski definition) is 6. The van der Waals surface area contributed by atoms with E-state index in [9.17, 15) is 18.4 Å². The highest BCUT2D eigenvalue weighted by atomic mass is 19.4. The van der Waals surface area contributed by atoms with E-state index in [0.29, 0.717) is 11.0 Å². The molecule has 1 aliphatic heterocycles. The molecule has 2 aromatic heterocycles. The van der Waals surface area contributed by atoms with Crippen LogP contribution in [0.4, 0.5) is 13.2 Å². The molecule has 1 saturated heterocycles. The SMILES string of the molecule is CCN1CCC(OCCOc2ccc(-c3nc(C#N)nc4c3ccn4C)cc2C(F)(F)F)CC1. The predicted molar refractivity (Wildman–Crippen MR) is 120 cm³/mol. The second-order valence-electron chi connectivity index (χ2n) is 8.23. The number of likely N-dealkylation sites (tertiary alicyclic amines) is 1. The van der Waals surface area contributed by atoms with Gasteiger partial charge in [0.1, 0.15) is 24.1 Å². The van der Waals surface area contributed by atoms with E-state index in [4.69, 9.17) is 9.47 Å². The first-order valence-corrected chi connectivity index (χ1v) is 11.2. The van der Waals surface area contributed by atoms with Crippen molar-refractivity contribution < 1.29 is 22.6 Å². The molecule has 4 rings (SSSR count). The van der Waals surface area contributed by atoms with E-state index in [1.54, 1.807) is 23.9 Å². The molecule has 7 nitrogen and oxygen atoms in total. The summed E-state index contributed by atoms with van der Waals surface area (Å²) in [5, 5.41) is 9.83. The van der Waals surface area contributed by atoms with E-state index in [1.807, 2.05) is 6.07 Å². The zero-order valence-corrected chi connectivity index (χ0v) is 19.1. The van der Waals surface area contributed by atoms with E-state index in [2.05, 4.69) is 21.8 Å². The van der Waals surface area contributed by atoms with Crippen molar-refractivity contribution in [2.45, 2.75) is 32.0 Å². The maximum atomic E-state index is 13.9. The normalized spacial score (nSPS) is 15.5. The minimum atomic E-state index is -4.62. The van der Waals surface area contributed by atoms with E-state index < -0.39 is 11.7 Å². The first kappa shape index (κ1) is 24.0. The molecule has 1 aromatic carbocycles. The minimum absolute atomic E-state index is 0.0193. The van der Waals surface area contributed by atoms with Crippen LogP contribution in [-0.2, 0) is 18.0 Å². The molecule has 1 fully saturated rings. The Labute approximate surface area is 195 Å². The number of fused-ring (bicyclic) bond motifs is 1. The second-order valence-corrected chi connectivity index (χ2v) is 8.23. The van der Waals surface area contributed by atoms with Crippen LogP contribution in [0.25, 0.3) is 22.3 Å². The first-order valence-electron chi connectivity index (χ1n) is 11.2. The average molecular weight is 473 g/mol. The fourth-order valence-corrected chi connectivity index (χ4v) is 4.19. The monoisotopic (exact) mass is 473 g/mol. The van der Waals surface area contributed by atoms with Gasteiger partial charge in [0.05, 0.1) is 24.0 Å². The number of aromatic nitrogens is 3. The third-order valence-electron chi connectivity index (χ3n) is 6.06. The van der Waals surface area contributed by atoms with Gasteiger partial charge in [-0.2, -0.15) is 18.4 Å². The zero-order valence-electron chi connectivity index (χ0n) is 19.1. The van der Waals surface area contributed by atoms with Crippen molar-refractivity contribution >= 4 is 11.0 Å². The summed E-state index contributed by atoms with van der Waals surface area (Å²) in [6.07, 6.45) is -0.976. The number of nitriles is 1. The van der Waals surface area contributed by atoms with E-state index in [0.717, 1.165) is 38.5 Å². The van der Waals surface area contributed by atoms with Crippen molar-refractivity contribution in [2.75, 3.05) is 32.8 Å². The summed E-state index contributed by atoms with van der Waals surface area (Å²) in [5.74, 6) is -0.375. The lowest BCUT2D eigenvalue weighted by Crippen LogP contribution is -2.37. The van der Waals surface area contributed by atoms with Crippen LogP contribution in [0.3, 0.4) is 0 Å². The molecule has 0 bridgehead atoms. The zero-order chi connectivity index (χ0) is 24.3. The molecule has 0 radical (unpaired) electrons. The van der Waals surface area contributed by atoms with Gasteiger partial charge in [-0.25, -0.2) is 9.97 Å². The van der Waals surface area contributed by atoms with E-state index >= 15 is 0 Å². The van der Waals surface area contributed by atoms with Crippen LogP contribution in [0, 0.1) is 11.3 Å². The minimum Gasteiger partial charge on any atom is -0.491 e. The van der Waals surface area contributed by atoms with Crippen LogP contribution in [0.1, 0.15) is 31.2 Å². The number of aryl methyl sites for hydroxylation is 1. The number of ether oxygens (including phenoxy) is 2. The van der Waals surface area contributed by atoms with Gasteiger partial charge in [0.2, 0.25) is 5.82 Å². The van der Waals surface area contributed by atoms with Crippen LogP contribution >= 0.6 is 0 Å². The number of nitrogens with zero attached hydrogens (tertiary/aromatic N) is 5. The standard InChI is InChI=1S/C24H26F3N5O2/c1-3-32-10-6-17(7-11-32)33-12-13-34-20-5-4-16(14-19(20)24(25,26)27)22-18-8-9-31(2)23(18)30-21(15-28)29-22/h4-5,8-9,14,17H,3,6-7,10-13H2,1-2H3. The molecule has 10 heteroatoms. The molecule has 0 saturated carbocycles. The van der Waals surface area contributed by atoms with E-state index in [-0.39, 0.29) is 42.1 Å². The van der Waals surface area contributed by atoms with Crippen LogP contribution in [0.2, 0.25) is 0 Å². The summed E-state index contributed by atoms with van der Waals surface area (Å²) in [5.41, 5.74) is 0.0643. The van der Waals surface area contributed by atoms with Crippen molar-refractivity contribution in [3.05, 3.63) is 41.9 Å². The third kappa shape index (κ3) is 5.16. The molecular weight excluding hydrogens is 447 g/mol. The third-order valence-corrected chi connectivity index (χ3v) is 6.06. The van der Waals surface area contributed by atoms with Gasteiger partial charge in [0.15, 0.2) is 0 Å². The highest BCUT2D eigenvalue weighted by molar-refractivity contribution is 5.91. The molecule has 0 unspecified atom stereocenters. The van der Waals surface area contributed by atoms with Crippen LogP contribution in [0.15, 0.2) is 30.5 Å². The molecule has 1 aliphatic rings. The molecule has 3 aromatic rings. The summed E-state index contributed by atoms with van der Waals surface area (Å²) in [6, 6.07) is 7.40. The Hall–Kier alpha value is -3.16. The van der Waals surface area contributed by atoms with Gasteiger partial charge < -0.3 is 18.9 Å². The van der Waals surface area contributed by atoms with Crippen molar-refractivity contribution in [3.63, 3.8) is 0 Å². The second kappa shape index (κ2) is 9.99. The quantitative estimate of drug-likeness (QED) is 0.474. The number of rotatable bonds is 7. The van der Waals surface area contributed by atoms with Gasteiger partial charge >= 0.3 is 6.18 Å². The number of piperidine rings is 1. The molecule has 0 spiro atoms. The number of hydrogen-bond donors (Lipinski definition) is 0. The summed E-state index contributed by atoms with van der Waals surface area (Å²) >= 11 is 0. The maximum Gasteiger partial charge on any atom is 0.419 e. The molecule has 0 aliphatic carbocycles. The van der Waals surface area contributed by atoms with Gasteiger partial charge in [-0.15, -0.1) is 0 Å². The van der Waals surface area contributed by atoms with Crippen LogP contribution in [-0.4, -0.2) is 58.4 Å². The largest absolute Gasteiger partial charge is 0.491 e. The van der Waals surface area contributed by atoms with Gasteiger partial charge in [-0.3, -0.25) is 0 Å². The Kier molecular flexibility index (Phi) is 7.05. The Morgan fingerprint density at radius 2 is 1.91 bits per heavy atom. The van der Waals surface area contributed by atoms with Crippen molar-refractivity contribution in [1.82, 2.24) is 19.4 Å². The predicted octanol–water partition coefficient (Wildman–Crippen LogP) is 4.41. The van der Waals surface area contributed by atoms with Crippen LogP contribution in [0.5, 0.6) is 5.75 Å². The molecule has 34 heavy (non-hydrogen) atoms. The number of halogens is 3. The van der Waals surface area contributed by atoms with Gasteiger partial charge in [0, 0.05) is 37.3 Å². The summed E-state index contributed by atoms with van der Waals surface area (Å²) in [7, 11) is 1.74. The molecule has 0 atom stereocenters. The van der Waals surface area contributed by atoms with Gasteiger partial charge in [0.25, 0.3) is 0 Å². The molecule has 180 valence electrons. The smallest absolute Gasteiger partial charge is 0.419 e. The molecule has 3 heterocycles. The lowest BCUT2D eigenvalue weighted by molar-refractivity contribution is -0.139. The Morgan fingerprint density at radius 1 is 1.15 bits per heavy atom. The fourth-order valence-electron chi connectivity index (χ4n) is 4.19. The van der Waals surface area contributed by atoms with Crippen molar-refractivity contribution in [3.8, 4) is 23.1 Å². The Bertz CT molecular complexity index is 1190. The Balaban J connectivity index is 1.52. The lowest BCUT2D eigenvalue weighted by Gasteiger charge is -2.30. The van der Waals surface area contributed by atoms with Crippen molar-refractivity contribution in [2.24, 2.45) is 7.05 Å². The fraction of sp³-hybridized carbons (Fsp3) is 0.458. The lowest BCUT2D eigenvalue weighted by atomic mass is 10.0. The highest BCUT2D eigenvalue weighted by Gasteiger charge is 2.35. The van der Waals surface area contributed by atoms with Crippen molar-refractivity contribution in [1.29, 1.82) is 5.26 Å². The topological polar surface area (TPSA) is 76.2 Å². The summed E-state index contributed by atoms with van der Waals surface area (Å²) < 4.78 is 54.6.